The SMILES string of the molecule is CCCCCCCCc1[nH]c2cccc3c2c1CC(CO)NC(=O)C(C(C)C)N3C. The molecule has 0 aliphatic carbocycles. The number of aryl methyl sites for hydroxylation is 1. The fourth-order valence-electron chi connectivity index (χ4n) is 4.93. The largest absolute Gasteiger partial charge is 0.394 e. The molecule has 3 rings (SSSR count). The molecule has 2 aromatic rings. The number of aromatic amines is 1. The van der Waals surface area contributed by atoms with Crippen LogP contribution in [0.25, 0.3) is 10.9 Å². The molecule has 3 N–H and O–H groups in total. The highest BCUT2D eigenvalue weighted by molar-refractivity contribution is 5.99. The van der Waals surface area contributed by atoms with E-state index in [-0.39, 0.29) is 30.5 Å². The number of amides is 1. The lowest BCUT2D eigenvalue weighted by Crippen LogP contribution is -2.52. The Morgan fingerprint density at radius 3 is 2.60 bits per heavy atom. The number of nitrogens with zero attached hydrogens (tertiary/aromatic N) is 1. The summed E-state index contributed by atoms with van der Waals surface area (Å²) in [5.41, 5.74) is 4.74. The molecular weight excluding hydrogens is 374 g/mol. The fraction of sp³-hybridized carbons (Fsp3) is 0.640. The van der Waals surface area contributed by atoms with E-state index < -0.39 is 0 Å². The Labute approximate surface area is 181 Å². The van der Waals surface area contributed by atoms with Crippen molar-refractivity contribution in [3.05, 3.63) is 29.5 Å². The summed E-state index contributed by atoms with van der Waals surface area (Å²) in [6, 6.07) is 5.79. The summed E-state index contributed by atoms with van der Waals surface area (Å²) in [6.07, 6.45) is 9.29. The van der Waals surface area contributed by atoms with Crippen LogP contribution < -0.4 is 10.2 Å². The first-order valence-corrected chi connectivity index (χ1v) is 11.7. The number of aliphatic hydroxyl groups is 1. The van der Waals surface area contributed by atoms with Crippen molar-refractivity contribution in [2.75, 3.05) is 18.6 Å². The number of likely N-dealkylation sites (N-methyl/N-ethyl adjacent to an activating group) is 1. The van der Waals surface area contributed by atoms with E-state index in [1.807, 2.05) is 7.05 Å². The quantitative estimate of drug-likeness (QED) is 0.528. The van der Waals surface area contributed by atoms with Gasteiger partial charge in [-0.05, 0) is 42.9 Å². The van der Waals surface area contributed by atoms with Crippen LogP contribution in [0.4, 0.5) is 5.69 Å². The minimum absolute atomic E-state index is 0.00448. The molecule has 5 nitrogen and oxygen atoms in total. The second-order valence-electron chi connectivity index (χ2n) is 9.19. The molecule has 0 bridgehead atoms. The molecule has 0 saturated heterocycles. The molecule has 0 spiro atoms. The molecule has 0 saturated carbocycles. The first kappa shape index (κ1) is 22.7. The van der Waals surface area contributed by atoms with E-state index in [2.05, 4.69) is 54.2 Å². The van der Waals surface area contributed by atoms with Gasteiger partial charge in [-0.1, -0.05) is 58.9 Å². The van der Waals surface area contributed by atoms with Crippen LogP contribution in [0, 0.1) is 5.92 Å². The van der Waals surface area contributed by atoms with Crippen LogP contribution in [0.2, 0.25) is 0 Å². The van der Waals surface area contributed by atoms with Crippen LogP contribution in [0.3, 0.4) is 0 Å². The molecule has 2 atom stereocenters. The third kappa shape index (κ3) is 4.83. The predicted octanol–water partition coefficient (Wildman–Crippen LogP) is 4.56. The summed E-state index contributed by atoms with van der Waals surface area (Å²) in [5.74, 6) is 0.155. The Hall–Kier alpha value is -2.01. The molecule has 166 valence electrons. The minimum atomic E-state index is -0.271. The number of H-pyrrole nitrogens is 1. The predicted molar refractivity (Wildman–Crippen MR) is 125 cm³/mol. The number of carbonyl (C=O) groups is 1. The van der Waals surface area contributed by atoms with Crippen molar-refractivity contribution < 1.29 is 9.90 Å². The molecule has 0 radical (unpaired) electrons. The Kier molecular flexibility index (Phi) is 7.81. The maximum absolute atomic E-state index is 13.0. The molecule has 5 heteroatoms. The number of nitrogens with one attached hydrogen (secondary N) is 2. The van der Waals surface area contributed by atoms with Crippen LogP contribution in [0.5, 0.6) is 0 Å². The van der Waals surface area contributed by atoms with Gasteiger partial charge in [-0.15, -0.1) is 0 Å². The molecule has 1 aromatic carbocycles. The summed E-state index contributed by atoms with van der Waals surface area (Å²) in [5, 5.41) is 14.3. The van der Waals surface area contributed by atoms with Gasteiger partial charge in [-0.2, -0.15) is 0 Å². The third-order valence-electron chi connectivity index (χ3n) is 6.49. The van der Waals surface area contributed by atoms with Crippen molar-refractivity contribution in [1.82, 2.24) is 10.3 Å². The Morgan fingerprint density at radius 1 is 1.17 bits per heavy atom. The number of benzene rings is 1. The second kappa shape index (κ2) is 10.3. The summed E-state index contributed by atoms with van der Waals surface area (Å²) < 4.78 is 0. The Balaban J connectivity index is 1.96. The summed E-state index contributed by atoms with van der Waals surface area (Å²) in [6.45, 7) is 6.35. The molecular formula is C25H39N3O2. The van der Waals surface area contributed by atoms with Crippen molar-refractivity contribution in [3.8, 4) is 0 Å². The maximum atomic E-state index is 13.0. The average molecular weight is 414 g/mol. The van der Waals surface area contributed by atoms with E-state index in [0.717, 1.165) is 17.6 Å². The Morgan fingerprint density at radius 2 is 1.90 bits per heavy atom. The van der Waals surface area contributed by atoms with E-state index in [4.69, 9.17) is 0 Å². The van der Waals surface area contributed by atoms with Gasteiger partial charge in [-0.3, -0.25) is 4.79 Å². The van der Waals surface area contributed by atoms with Crippen molar-refractivity contribution in [3.63, 3.8) is 0 Å². The molecule has 1 aliphatic rings. The van der Waals surface area contributed by atoms with Gasteiger partial charge in [0.05, 0.1) is 12.6 Å². The van der Waals surface area contributed by atoms with Crippen molar-refractivity contribution in [2.24, 2.45) is 5.92 Å². The maximum Gasteiger partial charge on any atom is 0.243 e. The zero-order valence-electron chi connectivity index (χ0n) is 19.1. The highest BCUT2D eigenvalue weighted by atomic mass is 16.3. The van der Waals surface area contributed by atoms with Crippen LogP contribution in [-0.2, 0) is 17.6 Å². The number of aromatic nitrogens is 1. The van der Waals surface area contributed by atoms with Gasteiger partial charge in [0.1, 0.15) is 6.04 Å². The summed E-state index contributed by atoms with van der Waals surface area (Å²) in [7, 11) is 2.02. The van der Waals surface area contributed by atoms with Gasteiger partial charge in [0.25, 0.3) is 0 Å². The molecule has 0 fully saturated rings. The normalized spacial score (nSPS) is 19.7. The van der Waals surface area contributed by atoms with Crippen molar-refractivity contribution in [2.45, 2.75) is 84.2 Å². The van der Waals surface area contributed by atoms with Crippen LogP contribution in [0.1, 0.15) is 70.6 Å². The molecule has 2 unspecified atom stereocenters. The number of carbonyl (C=O) groups excluding carboxylic acids is 1. The fourth-order valence-corrected chi connectivity index (χ4v) is 4.93. The van der Waals surface area contributed by atoms with E-state index in [9.17, 15) is 9.90 Å². The van der Waals surface area contributed by atoms with Gasteiger partial charge in [0.2, 0.25) is 5.91 Å². The lowest BCUT2D eigenvalue weighted by molar-refractivity contribution is -0.124. The first-order valence-electron chi connectivity index (χ1n) is 11.7. The topological polar surface area (TPSA) is 68.4 Å². The number of anilines is 1. The Bertz CT molecular complexity index is 842. The monoisotopic (exact) mass is 413 g/mol. The number of aliphatic hydroxyl groups excluding tert-OH is 1. The number of hydrogen-bond acceptors (Lipinski definition) is 3. The van der Waals surface area contributed by atoms with Crippen molar-refractivity contribution >= 4 is 22.5 Å². The number of hydrogen-bond donors (Lipinski definition) is 3. The summed E-state index contributed by atoms with van der Waals surface area (Å²) in [4.78, 5) is 18.8. The smallest absolute Gasteiger partial charge is 0.243 e. The lowest BCUT2D eigenvalue weighted by atomic mass is 9.98. The van der Waals surface area contributed by atoms with Gasteiger partial charge < -0.3 is 20.3 Å². The van der Waals surface area contributed by atoms with Crippen molar-refractivity contribution in [1.29, 1.82) is 0 Å². The van der Waals surface area contributed by atoms with Crippen LogP contribution >= 0.6 is 0 Å². The first-order chi connectivity index (χ1) is 14.5. The van der Waals surface area contributed by atoms with E-state index in [1.54, 1.807) is 0 Å². The van der Waals surface area contributed by atoms with Gasteiger partial charge in [0, 0.05) is 29.3 Å². The standard InChI is InChI=1S/C25H39N3O2/c1-5-6-7-8-9-10-12-20-19-15-18(16-29)26-25(30)24(17(2)3)28(4)22-14-11-13-21(27-20)23(19)22/h11,13-14,17-18,24,27,29H,5-10,12,15-16H2,1-4H3,(H,26,30). The van der Waals surface area contributed by atoms with Crippen LogP contribution in [0.15, 0.2) is 18.2 Å². The number of unbranched alkanes of at least 4 members (excludes halogenated alkanes) is 5. The second-order valence-corrected chi connectivity index (χ2v) is 9.19. The zero-order chi connectivity index (χ0) is 21.7. The summed E-state index contributed by atoms with van der Waals surface area (Å²) >= 11 is 0. The number of rotatable bonds is 9. The average Bonchev–Trinajstić information content (AvgIpc) is 3.08. The molecule has 30 heavy (non-hydrogen) atoms. The third-order valence-corrected chi connectivity index (χ3v) is 6.49. The zero-order valence-corrected chi connectivity index (χ0v) is 19.1. The highest BCUT2D eigenvalue weighted by Gasteiger charge is 2.32. The minimum Gasteiger partial charge on any atom is -0.394 e. The van der Waals surface area contributed by atoms with Gasteiger partial charge in [0.15, 0.2) is 0 Å². The van der Waals surface area contributed by atoms with Gasteiger partial charge >= 0.3 is 0 Å². The highest BCUT2D eigenvalue weighted by Crippen LogP contribution is 2.35. The molecule has 1 aromatic heterocycles. The van der Waals surface area contributed by atoms with E-state index >= 15 is 0 Å². The lowest BCUT2D eigenvalue weighted by Gasteiger charge is -2.32. The molecule has 1 amide bonds. The van der Waals surface area contributed by atoms with Gasteiger partial charge in [-0.25, -0.2) is 0 Å². The van der Waals surface area contributed by atoms with E-state index in [1.165, 1.54) is 55.2 Å². The molecule has 2 heterocycles. The van der Waals surface area contributed by atoms with Crippen LogP contribution in [-0.4, -0.2) is 41.7 Å². The molecule has 1 aliphatic heterocycles. The van der Waals surface area contributed by atoms with E-state index in [0.29, 0.717) is 6.42 Å².